The second-order valence-electron chi connectivity index (χ2n) is 5.81. The third kappa shape index (κ3) is 4.44. The van der Waals surface area contributed by atoms with Gasteiger partial charge in [-0.15, -0.1) is 0 Å². The Morgan fingerprint density at radius 1 is 1.19 bits per heavy atom. The number of ether oxygens (including phenoxy) is 1. The number of aromatic nitrogens is 2. The lowest BCUT2D eigenvalue weighted by Gasteiger charge is -2.09. The summed E-state index contributed by atoms with van der Waals surface area (Å²) in [5.41, 5.74) is 0.723. The van der Waals surface area contributed by atoms with E-state index in [9.17, 15) is 9.59 Å². The first-order valence-corrected chi connectivity index (χ1v) is 9.04. The minimum absolute atomic E-state index is 0.254. The van der Waals surface area contributed by atoms with Crippen LogP contribution in [0.15, 0.2) is 41.2 Å². The van der Waals surface area contributed by atoms with Crippen molar-refractivity contribution in [3.63, 3.8) is 0 Å². The third-order valence-electron chi connectivity index (χ3n) is 3.87. The fourth-order valence-corrected chi connectivity index (χ4v) is 2.88. The van der Waals surface area contributed by atoms with Crippen LogP contribution in [0.4, 0.5) is 10.5 Å². The number of hydrogen-bond donors (Lipinski definition) is 3. The van der Waals surface area contributed by atoms with Gasteiger partial charge in [-0.05, 0) is 56.4 Å². The van der Waals surface area contributed by atoms with E-state index in [-0.39, 0.29) is 5.02 Å². The highest BCUT2D eigenvalue weighted by atomic mass is 35.5. The average molecular weight is 409 g/mol. The largest absolute Gasteiger partial charge is 0.494 e. The highest BCUT2D eigenvalue weighted by molar-refractivity contribution is 6.42. The Bertz CT molecular complexity index is 1010. The Hall–Kier alpha value is -2.48. The second kappa shape index (κ2) is 8.47. The molecule has 27 heavy (non-hydrogen) atoms. The molecule has 3 rings (SSSR count). The number of halogens is 2. The van der Waals surface area contributed by atoms with Crippen LogP contribution in [0.25, 0.3) is 11.0 Å². The third-order valence-corrected chi connectivity index (χ3v) is 4.59. The molecule has 142 valence electrons. The van der Waals surface area contributed by atoms with E-state index in [1.807, 2.05) is 7.05 Å². The van der Waals surface area contributed by atoms with E-state index in [4.69, 9.17) is 27.9 Å². The maximum Gasteiger partial charge on any atom is 0.334 e. The molecule has 1 aromatic heterocycles. The molecule has 0 aliphatic carbocycles. The van der Waals surface area contributed by atoms with Gasteiger partial charge in [0.2, 0.25) is 0 Å². The molecular weight excluding hydrogens is 391 g/mol. The molecule has 9 heteroatoms. The van der Waals surface area contributed by atoms with Crippen LogP contribution in [0.2, 0.25) is 10.0 Å². The van der Waals surface area contributed by atoms with Crippen molar-refractivity contribution in [2.75, 3.05) is 25.5 Å². The zero-order chi connectivity index (χ0) is 19.4. The van der Waals surface area contributed by atoms with Crippen molar-refractivity contribution >= 4 is 46.0 Å². The van der Waals surface area contributed by atoms with Crippen LogP contribution in [0.3, 0.4) is 0 Å². The number of nitrogens with zero attached hydrogens (tertiary/aromatic N) is 1. The number of hydrogen-bond acceptors (Lipinski definition) is 4. The summed E-state index contributed by atoms with van der Waals surface area (Å²) in [6.45, 7) is 1.48. The molecule has 0 fully saturated rings. The van der Waals surface area contributed by atoms with Gasteiger partial charge in [0.1, 0.15) is 5.75 Å². The molecule has 0 aliphatic rings. The van der Waals surface area contributed by atoms with Gasteiger partial charge >= 0.3 is 11.7 Å². The van der Waals surface area contributed by atoms with Gasteiger partial charge in [-0.2, -0.15) is 0 Å². The molecule has 0 saturated heterocycles. The van der Waals surface area contributed by atoms with Crippen LogP contribution in [-0.4, -0.2) is 35.8 Å². The Morgan fingerprint density at radius 3 is 2.59 bits per heavy atom. The number of carbonyl (C=O) groups excluding carboxylic acids is 1. The highest BCUT2D eigenvalue weighted by Gasteiger charge is 2.16. The number of nitrogens with one attached hydrogen (secondary N) is 3. The van der Waals surface area contributed by atoms with Gasteiger partial charge in [-0.3, -0.25) is 0 Å². The van der Waals surface area contributed by atoms with Crippen LogP contribution in [0.5, 0.6) is 5.75 Å². The number of fused-ring (bicyclic) bond motifs is 1. The van der Waals surface area contributed by atoms with Crippen molar-refractivity contribution in [2.45, 2.75) is 6.42 Å². The molecule has 0 unspecified atom stereocenters. The van der Waals surface area contributed by atoms with Gasteiger partial charge < -0.3 is 20.4 Å². The van der Waals surface area contributed by atoms with E-state index < -0.39 is 11.7 Å². The minimum Gasteiger partial charge on any atom is -0.494 e. The molecule has 1 heterocycles. The average Bonchev–Trinajstić information content (AvgIpc) is 2.95. The Labute approximate surface area is 165 Å². The molecule has 0 aliphatic heterocycles. The van der Waals surface area contributed by atoms with Crippen molar-refractivity contribution in [3.8, 4) is 5.75 Å². The number of aromatic amines is 1. The first-order chi connectivity index (χ1) is 13.0. The molecule has 0 atom stereocenters. The number of anilines is 1. The molecule has 2 aromatic carbocycles. The zero-order valence-electron chi connectivity index (χ0n) is 14.5. The predicted molar refractivity (Wildman–Crippen MR) is 107 cm³/mol. The summed E-state index contributed by atoms with van der Waals surface area (Å²) in [6, 6.07) is 9.29. The summed E-state index contributed by atoms with van der Waals surface area (Å²) in [6.07, 6.45) is 0.894. The number of carbonyl (C=O) groups is 1. The lowest BCUT2D eigenvalue weighted by atomic mass is 10.3. The topological polar surface area (TPSA) is 88.2 Å². The number of imidazole rings is 1. The normalized spacial score (nSPS) is 10.9. The van der Waals surface area contributed by atoms with E-state index in [0.29, 0.717) is 34.1 Å². The van der Waals surface area contributed by atoms with Gasteiger partial charge in [-0.25, -0.2) is 14.2 Å². The van der Waals surface area contributed by atoms with Crippen LogP contribution in [0, 0.1) is 0 Å². The smallest absolute Gasteiger partial charge is 0.334 e. The minimum atomic E-state index is -0.604. The van der Waals surface area contributed by atoms with E-state index in [1.165, 1.54) is 12.1 Å². The lowest BCUT2D eigenvalue weighted by Crippen LogP contribution is -2.29. The van der Waals surface area contributed by atoms with Gasteiger partial charge in [0, 0.05) is 5.69 Å². The molecule has 0 saturated carbocycles. The molecule has 3 aromatic rings. The maximum absolute atomic E-state index is 12.6. The Balaban J connectivity index is 1.74. The predicted octanol–water partition coefficient (Wildman–Crippen LogP) is 3.70. The fourth-order valence-electron chi connectivity index (χ4n) is 2.56. The molecule has 7 nitrogen and oxygen atoms in total. The van der Waals surface area contributed by atoms with Crippen LogP contribution in [0.1, 0.15) is 6.42 Å². The first kappa shape index (κ1) is 19.3. The van der Waals surface area contributed by atoms with Crippen LogP contribution < -0.4 is 21.1 Å². The number of H-pyrrole nitrogens is 1. The number of rotatable bonds is 6. The van der Waals surface area contributed by atoms with Crippen molar-refractivity contribution < 1.29 is 9.53 Å². The van der Waals surface area contributed by atoms with Crippen molar-refractivity contribution in [3.05, 3.63) is 56.9 Å². The van der Waals surface area contributed by atoms with Crippen molar-refractivity contribution in [1.29, 1.82) is 0 Å². The van der Waals surface area contributed by atoms with Gasteiger partial charge in [-0.1, -0.05) is 23.2 Å². The summed E-state index contributed by atoms with van der Waals surface area (Å²) >= 11 is 11.9. The summed E-state index contributed by atoms with van der Waals surface area (Å²) < 4.78 is 6.57. The molecule has 0 spiro atoms. The number of benzene rings is 2. The Kier molecular flexibility index (Phi) is 6.05. The standard InChI is InChI=1S/C18H18Cl2N4O3/c1-21-7-2-8-27-12-5-3-11(4-6-12)22-17(25)24-16-10-14(20)13(19)9-15(16)23-18(24)26/h3-6,9-10,21H,2,7-8H2,1H3,(H,22,25)(H,23,26). The maximum atomic E-state index is 12.6. The molecule has 3 N–H and O–H groups in total. The van der Waals surface area contributed by atoms with Gasteiger partial charge in [0.25, 0.3) is 0 Å². The van der Waals surface area contributed by atoms with Crippen molar-refractivity contribution in [2.24, 2.45) is 0 Å². The number of amides is 1. The summed E-state index contributed by atoms with van der Waals surface area (Å²) in [5, 5.41) is 6.27. The molecule has 0 radical (unpaired) electrons. The molecule has 0 bridgehead atoms. The lowest BCUT2D eigenvalue weighted by molar-refractivity contribution is 0.253. The Morgan fingerprint density at radius 2 is 1.89 bits per heavy atom. The fraction of sp³-hybridized carbons (Fsp3) is 0.222. The first-order valence-electron chi connectivity index (χ1n) is 8.28. The monoisotopic (exact) mass is 408 g/mol. The zero-order valence-corrected chi connectivity index (χ0v) is 16.0. The summed E-state index contributed by atoms with van der Waals surface area (Å²) in [7, 11) is 1.89. The molecule has 1 amide bonds. The van der Waals surface area contributed by atoms with E-state index >= 15 is 0 Å². The van der Waals surface area contributed by atoms with Gasteiger partial charge in [0.05, 0.1) is 27.7 Å². The summed E-state index contributed by atoms with van der Waals surface area (Å²) in [5.74, 6) is 0.704. The van der Waals surface area contributed by atoms with E-state index in [0.717, 1.165) is 17.5 Å². The van der Waals surface area contributed by atoms with Crippen molar-refractivity contribution in [1.82, 2.24) is 14.9 Å². The van der Waals surface area contributed by atoms with Gasteiger partial charge in [0.15, 0.2) is 0 Å². The quantitative estimate of drug-likeness (QED) is 0.542. The van der Waals surface area contributed by atoms with Crippen LogP contribution >= 0.6 is 23.2 Å². The molecular formula is C18H18Cl2N4O3. The highest BCUT2D eigenvalue weighted by Crippen LogP contribution is 2.26. The van der Waals surface area contributed by atoms with E-state index in [2.05, 4.69) is 15.6 Å². The summed E-state index contributed by atoms with van der Waals surface area (Å²) in [4.78, 5) is 27.3. The van der Waals surface area contributed by atoms with Crippen LogP contribution in [-0.2, 0) is 0 Å². The van der Waals surface area contributed by atoms with E-state index in [1.54, 1.807) is 24.3 Å². The SMILES string of the molecule is CNCCCOc1ccc(NC(=O)n2c(=O)[nH]c3cc(Cl)c(Cl)cc32)cc1. The second-order valence-corrected chi connectivity index (χ2v) is 6.62.